The molecule has 2 aliphatic rings. The molecule has 0 N–H and O–H groups in total. The van der Waals surface area contributed by atoms with E-state index < -0.39 is 0 Å². The summed E-state index contributed by atoms with van der Waals surface area (Å²) in [5, 5.41) is 0. The average Bonchev–Trinajstić information content (AvgIpc) is 2.17. The smallest absolute Gasteiger partial charge is 0.102 e. The Kier molecular flexibility index (Phi) is 12.1. The third-order valence-electron chi connectivity index (χ3n) is 3.36. The van der Waals surface area contributed by atoms with E-state index in [0.29, 0.717) is 0 Å². The molecule has 112 valence electrons. The molecule has 0 aromatic heterocycles. The maximum Gasteiger partial charge on any atom is 0.102 e. The molecule has 0 radical (unpaired) electrons. The van der Waals surface area contributed by atoms with Gasteiger partial charge in [0.15, 0.2) is 0 Å². The highest BCUT2D eigenvalue weighted by atomic mass is 127. The summed E-state index contributed by atoms with van der Waals surface area (Å²) in [6, 6.07) is 0. The number of halogens is 2. The van der Waals surface area contributed by atoms with Gasteiger partial charge in [0.25, 0.3) is 0 Å². The minimum Gasteiger partial charge on any atom is -1.00 e. The Labute approximate surface area is 146 Å². The topological polar surface area (TPSA) is 18.5 Å². The van der Waals surface area contributed by atoms with Crippen LogP contribution in [0, 0.1) is 0 Å². The molecule has 2 aliphatic heterocycles. The van der Waals surface area contributed by atoms with E-state index in [1.54, 1.807) is 0 Å². The van der Waals surface area contributed by atoms with E-state index in [-0.39, 0.29) is 48.0 Å². The Hall–Kier alpha value is 1.30. The molecule has 2 rings (SSSR count). The minimum atomic E-state index is 0. The Bertz CT molecular complexity index is 176. The van der Waals surface area contributed by atoms with Crippen molar-refractivity contribution < 1.29 is 66.4 Å². The molecular weight excluding hydrogens is 458 g/mol. The first-order valence-corrected chi connectivity index (χ1v) is 6.21. The molecule has 18 heavy (non-hydrogen) atoms. The zero-order valence-electron chi connectivity index (χ0n) is 12.1. The Morgan fingerprint density at radius 1 is 0.556 bits per heavy atom. The number of quaternary nitrogens is 2. The van der Waals surface area contributed by atoms with Crippen LogP contribution in [0.2, 0.25) is 0 Å². The fraction of sp³-hybridized carbons (Fsp3) is 1.00. The van der Waals surface area contributed by atoms with Gasteiger partial charge in [0.2, 0.25) is 0 Å². The van der Waals surface area contributed by atoms with Crippen LogP contribution in [0.15, 0.2) is 0 Å². The molecule has 0 aromatic carbocycles. The number of nitrogens with zero attached hydrogens (tertiary/aromatic N) is 2. The lowest BCUT2D eigenvalue weighted by Gasteiger charge is -2.33. The normalized spacial score (nSPS) is 24.7. The predicted molar refractivity (Wildman–Crippen MR) is 65.3 cm³/mol. The van der Waals surface area contributed by atoms with E-state index >= 15 is 0 Å². The summed E-state index contributed by atoms with van der Waals surface area (Å²) in [5.41, 5.74) is 0. The molecular formula is C12H28I2N2O2. The molecule has 0 aliphatic carbocycles. The van der Waals surface area contributed by atoms with Gasteiger partial charge in [0, 0.05) is 0 Å². The van der Waals surface area contributed by atoms with Crippen molar-refractivity contribution >= 4 is 0 Å². The maximum absolute atomic E-state index is 5.19. The molecule has 2 fully saturated rings. The van der Waals surface area contributed by atoms with Gasteiger partial charge in [-0.2, -0.15) is 0 Å². The molecule has 6 heteroatoms. The van der Waals surface area contributed by atoms with E-state index in [2.05, 4.69) is 28.2 Å². The van der Waals surface area contributed by atoms with Crippen LogP contribution >= 0.6 is 0 Å². The van der Waals surface area contributed by atoms with E-state index in [1.807, 2.05) is 0 Å². The van der Waals surface area contributed by atoms with Crippen LogP contribution in [0.3, 0.4) is 0 Å². The summed E-state index contributed by atoms with van der Waals surface area (Å²) in [6.07, 6.45) is 0. The van der Waals surface area contributed by atoms with Crippen LogP contribution in [-0.4, -0.2) is 89.8 Å². The van der Waals surface area contributed by atoms with Crippen molar-refractivity contribution in [3.63, 3.8) is 0 Å². The first-order valence-electron chi connectivity index (χ1n) is 6.21. The van der Waals surface area contributed by atoms with Crippen molar-refractivity contribution in [2.75, 3.05) is 80.8 Å². The third kappa shape index (κ3) is 10.1. The monoisotopic (exact) mass is 486 g/mol. The Morgan fingerprint density at radius 3 is 0.889 bits per heavy atom. The number of likely N-dealkylation sites (N-methyl/N-ethyl adjacent to an activating group) is 2. The van der Waals surface area contributed by atoms with Gasteiger partial charge < -0.3 is 66.4 Å². The minimum absolute atomic E-state index is 0. The standard InChI is InChI=1S/2C6H14NO.2HI/c2*1-7(2)3-5-8-6-4-7;;/h2*3-6H2,1-2H3;2*1H/q2*+1;;/p-2. The van der Waals surface area contributed by atoms with Crippen LogP contribution in [0.5, 0.6) is 0 Å². The number of ether oxygens (including phenoxy) is 2. The lowest BCUT2D eigenvalue weighted by atomic mass is 10.4. The molecule has 0 saturated carbocycles. The molecule has 0 amide bonds. The van der Waals surface area contributed by atoms with Crippen molar-refractivity contribution in [3.8, 4) is 0 Å². The van der Waals surface area contributed by atoms with Gasteiger partial charge in [-0.25, -0.2) is 0 Å². The molecule has 2 heterocycles. The van der Waals surface area contributed by atoms with Gasteiger partial charge in [-0.3, -0.25) is 0 Å². The van der Waals surface area contributed by atoms with Crippen LogP contribution < -0.4 is 48.0 Å². The van der Waals surface area contributed by atoms with E-state index in [0.717, 1.165) is 35.4 Å². The Morgan fingerprint density at radius 2 is 0.778 bits per heavy atom. The number of rotatable bonds is 0. The van der Waals surface area contributed by atoms with Gasteiger partial charge in [-0.05, 0) is 0 Å². The van der Waals surface area contributed by atoms with Crippen molar-refractivity contribution in [1.82, 2.24) is 0 Å². The fourth-order valence-corrected chi connectivity index (χ4v) is 1.67. The summed E-state index contributed by atoms with van der Waals surface area (Å²) >= 11 is 0. The highest BCUT2D eigenvalue weighted by molar-refractivity contribution is 4.41. The fourth-order valence-electron chi connectivity index (χ4n) is 1.67. The highest BCUT2D eigenvalue weighted by Gasteiger charge is 2.18. The van der Waals surface area contributed by atoms with Gasteiger partial charge in [-0.15, -0.1) is 0 Å². The van der Waals surface area contributed by atoms with E-state index in [1.165, 1.54) is 26.2 Å². The highest BCUT2D eigenvalue weighted by Crippen LogP contribution is 2.01. The molecule has 0 atom stereocenters. The molecule has 0 aromatic rings. The average molecular weight is 486 g/mol. The molecule has 0 bridgehead atoms. The largest absolute Gasteiger partial charge is 1.00 e. The summed E-state index contributed by atoms with van der Waals surface area (Å²) in [4.78, 5) is 0. The van der Waals surface area contributed by atoms with Crippen LogP contribution in [-0.2, 0) is 9.47 Å². The second-order valence-electron chi connectivity index (χ2n) is 5.99. The second-order valence-corrected chi connectivity index (χ2v) is 5.99. The van der Waals surface area contributed by atoms with Crippen LogP contribution in [0.1, 0.15) is 0 Å². The summed E-state index contributed by atoms with van der Waals surface area (Å²) in [7, 11) is 8.95. The van der Waals surface area contributed by atoms with Crippen molar-refractivity contribution in [2.24, 2.45) is 0 Å². The number of morpholine rings is 2. The molecule has 0 spiro atoms. The summed E-state index contributed by atoms with van der Waals surface area (Å²) in [6.45, 7) is 8.42. The van der Waals surface area contributed by atoms with Gasteiger partial charge >= 0.3 is 0 Å². The number of hydrogen-bond donors (Lipinski definition) is 0. The molecule has 4 nitrogen and oxygen atoms in total. The lowest BCUT2D eigenvalue weighted by Crippen LogP contribution is -3.00. The second kappa shape index (κ2) is 10.1. The predicted octanol–water partition coefficient (Wildman–Crippen LogP) is -5.81. The van der Waals surface area contributed by atoms with Crippen LogP contribution in [0.4, 0.5) is 0 Å². The summed E-state index contributed by atoms with van der Waals surface area (Å²) < 4.78 is 12.6. The van der Waals surface area contributed by atoms with Crippen molar-refractivity contribution in [2.45, 2.75) is 0 Å². The van der Waals surface area contributed by atoms with Gasteiger partial charge in [-0.1, -0.05) is 0 Å². The molecule has 0 unspecified atom stereocenters. The zero-order chi connectivity index (χ0) is 12.1. The quantitative estimate of drug-likeness (QED) is 0.251. The first-order chi connectivity index (χ1) is 7.41. The van der Waals surface area contributed by atoms with E-state index in [4.69, 9.17) is 9.47 Å². The van der Waals surface area contributed by atoms with Crippen molar-refractivity contribution in [1.29, 1.82) is 0 Å². The van der Waals surface area contributed by atoms with Gasteiger partial charge in [0.05, 0.1) is 54.6 Å². The zero-order valence-corrected chi connectivity index (χ0v) is 16.4. The molecule has 2 saturated heterocycles. The third-order valence-corrected chi connectivity index (χ3v) is 3.36. The van der Waals surface area contributed by atoms with Gasteiger partial charge in [0.1, 0.15) is 26.2 Å². The lowest BCUT2D eigenvalue weighted by molar-refractivity contribution is -0.898. The number of hydrogen-bond acceptors (Lipinski definition) is 2. The Balaban J connectivity index is 0. The summed E-state index contributed by atoms with van der Waals surface area (Å²) in [5.74, 6) is 0. The first kappa shape index (κ1) is 21.6. The van der Waals surface area contributed by atoms with Crippen LogP contribution in [0.25, 0.3) is 0 Å². The SMILES string of the molecule is C[N+]1(C)CCOCC1.C[N+]1(C)CCOCC1.[I-].[I-]. The maximum atomic E-state index is 5.19. The van der Waals surface area contributed by atoms with Crippen molar-refractivity contribution in [3.05, 3.63) is 0 Å². The van der Waals surface area contributed by atoms with E-state index in [9.17, 15) is 0 Å².